The summed E-state index contributed by atoms with van der Waals surface area (Å²) in [6, 6.07) is 6.55. The summed E-state index contributed by atoms with van der Waals surface area (Å²) in [6.45, 7) is 3.89. The van der Waals surface area contributed by atoms with Crippen LogP contribution in [0.2, 0.25) is 0 Å². The molecule has 0 aliphatic carbocycles. The number of benzene rings is 1. The number of aryl methyl sites for hydroxylation is 1. The highest BCUT2D eigenvalue weighted by Gasteiger charge is 2.19. The zero-order chi connectivity index (χ0) is 9.97. The molecule has 2 rings (SSSR count). The predicted molar refractivity (Wildman–Crippen MR) is 57.5 cm³/mol. The lowest BCUT2D eigenvalue weighted by Gasteiger charge is -2.08. The Morgan fingerprint density at radius 2 is 2.36 bits per heavy atom. The molecule has 1 unspecified atom stereocenters. The van der Waals surface area contributed by atoms with E-state index >= 15 is 0 Å². The number of hydrogen-bond acceptors (Lipinski definition) is 3. The normalized spacial score (nSPS) is 19.4. The summed E-state index contributed by atoms with van der Waals surface area (Å²) >= 11 is 0. The summed E-state index contributed by atoms with van der Waals surface area (Å²) in [4.78, 5) is 0. The number of ether oxygens (including phenoxy) is 1. The molecule has 1 atom stereocenters. The number of nitrogens with two attached hydrogens (primary N) is 1. The SMILES string of the molecule is Cc1ccc(OCCC2CN2)c(N)c1. The smallest absolute Gasteiger partial charge is 0.142 e. The van der Waals surface area contributed by atoms with Gasteiger partial charge in [0, 0.05) is 12.6 Å². The van der Waals surface area contributed by atoms with Gasteiger partial charge in [-0.05, 0) is 31.0 Å². The third-order valence-electron chi connectivity index (χ3n) is 2.38. The largest absolute Gasteiger partial charge is 0.491 e. The zero-order valence-electron chi connectivity index (χ0n) is 8.42. The van der Waals surface area contributed by atoms with Gasteiger partial charge in [-0.3, -0.25) is 0 Å². The van der Waals surface area contributed by atoms with E-state index in [9.17, 15) is 0 Å². The van der Waals surface area contributed by atoms with E-state index in [1.54, 1.807) is 0 Å². The monoisotopic (exact) mass is 192 g/mol. The molecular formula is C11H16N2O. The summed E-state index contributed by atoms with van der Waals surface area (Å²) in [5.74, 6) is 0.802. The molecule has 0 bridgehead atoms. The van der Waals surface area contributed by atoms with E-state index in [1.807, 2.05) is 25.1 Å². The van der Waals surface area contributed by atoms with Gasteiger partial charge in [0.2, 0.25) is 0 Å². The third kappa shape index (κ3) is 2.39. The first-order valence-corrected chi connectivity index (χ1v) is 4.98. The highest BCUT2D eigenvalue weighted by atomic mass is 16.5. The van der Waals surface area contributed by atoms with Crippen molar-refractivity contribution in [3.63, 3.8) is 0 Å². The van der Waals surface area contributed by atoms with Crippen LogP contribution in [0.1, 0.15) is 12.0 Å². The molecule has 0 spiro atoms. The van der Waals surface area contributed by atoms with Crippen molar-refractivity contribution in [2.75, 3.05) is 18.9 Å². The standard InChI is InChI=1S/C11H16N2O/c1-8-2-3-11(10(12)6-8)14-5-4-9-7-13-9/h2-3,6,9,13H,4-5,7,12H2,1H3. The summed E-state index contributed by atoms with van der Waals surface area (Å²) in [5.41, 5.74) is 7.71. The van der Waals surface area contributed by atoms with Crippen molar-refractivity contribution >= 4 is 5.69 Å². The van der Waals surface area contributed by atoms with Crippen LogP contribution in [0.3, 0.4) is 0 Å². The van der Waals surface area contributed by atoms with Gasteiger partial charge in [0.15, 0.2) is 0 Å². The predicted octanol–water partition coefficient (Wildman–Crippen LogP) is 1.32. The maximum Gasteiger partial charge on any atom is 0.142 e. The molecule has 14 heavy (non-hydrogen) atoms. The fourth-order valence-corrected chi connectivity index (χ4v) is 1.40. The summed E-state index contributed by atoms with van der Waals surface area (Å²) < 4.78 is 5.58. The molecule has 3 N–H and O–H groups in total. The molecule has 0 amide bonds. The average molecular weight is 192 g/mol. The Bertz CT molecular complexity index is 321. The van der Waals surface area contributed by atoms with Crippen LogP contribution in [0.25, 0.3) is 0 Å². The molecule has 0 saturated carbocycles. The number of anilines is 1. The van der Waals surface area contributed by atoms with Crippen LogP contribution in [0.4, 0.5) is 5.69 Å². The first kappa shape index (κ1) is 9.34. The molecule has 0 radical (unpaired) electrons. The third-order valence-corrected chi connectivity index (χ3v) is 2.38. The van der Waals surface area contributed by atoms with Gasteiger partial charge >= 0.3 is 0 Å². The minimum atomic E-state index is 0.668. The maximum absolute atomic E-state index is 5.81. The van der Waals surface area contributed by atoms with Crippen LogP contribution in [0.5, 0.6) is 5.75 Å². The number of nitrogens with one attached hydrogen (secondary N) is 1. The Morgan fingerprint density at radius 1 is 1.57 bits per heavy atom. The van der Waals surface area contributed by atoms with Crippen LogP contribution >= 0.6 is 0 Å². The Labute approximate surface area is 84.3 Å². The lowest BCUT2D eigenvalue weighted by molar-refractivity contribution is 0.312. The van der Waals surface area contributed by atoms with Crippen LogP contribution in [0, 0.1) is 6.92 Å². The highest BCUT2D eigenvalue weighted by Crippen LogP contribution is 2.22. The van der Waals surface area contributed by atoms with Gasteiger partial charge in [0.05, 0.1) is 12.3 Å². The summed E-state index contributed by atoms with van der Waals surface area (Å²) in [7, 11) is 0. The van der Waals surface area contributed by atoms with E-state index in [4.69, 9.17) is 10.5 Å². The topological polar surface area (TPSA) is 57.2 Å². The second-order valence-electron chi connectivity index (χ2n) is 3.78. The van der Waals surface area contributed by atoms with Crippen LogP contribution < -0.4 is 15.8 Å². The molecule has 1 saturated heterocycles. The molecule has 3 nitrogen and oxygen atoms in total. The molecule has 76 valence electrons. The van der Waals surface area contributed by atoms with Crippen molar-refractivity contribution in [1.29, 1.82) is 0 Å². The van der Waals surface area contributed by atoms with E-state index < -0.39 is 0 Å². The van der Waals surface area contributed by atoms with Crippen molar-refractivity contribution in [2.45, 2.75) is 19.4 Å². The second kappa shape index (κ2) is 3.88. The highest BCUT2D eigenvalue weighted by molar-refractivity contribution is 5.53. The number of nitrogen functional groups attached to an aromatic ring is 1. The minimum Gasteiger partial charge on any atom is -0.491 e. The van der Waals surface area contributed by atoms with Gasteiger partial charge in [-0.2, -0.15) is 0 Å². The van der Waals surface area contributed by atoms with Crippen LogP contribution in [0.15, 0.2) is 18.2 Å². The number of rotatable bonds is 4. The first-order valence-electron chi connectivity index (χ1n) is 4.98. The molecule has 1 aromatic rings. The van der Waals surface area contributed by atoms with Gasteiger partial charge in [0.1, 0.15) is 5.75 Å². The zero-order valence-corrected chi connectivity index (χ0v) is 8.42. The van der Waals surface area contributed by atoms with Gasteiger partial charge < -0.3 is 15.8 Å². The van der Waals surface area contributed by atoms with E-state index in [0.717, 1.165) is 31.0 Å². The van der Waals surface area contributed by atoms with E-state index in [0.29, 0.717) is 6.04 Å². The number of hydrogen-bond donors (Lipinski definition) is 2. The molecule has 1 fully saturated rings. The van der Waals surface area contributed by atoms with Gasteiger partial charge in [-0.15, -0.1) is 0 Å². The Balaban J connectivity index is 1.87. The van der Waals surface area contributed by atoms with Gasteiger partial charge in [-0.25, -0.2) is 0 Å². The average Bonchev–Trinajstić information content (AvgIpc) is 2.92. The minimum absolute atomic E-state index is 0.668. The molecular weight excluding hydrogens is 176 g/mol. The molecule has 0 aromatic heterocycles. The maximum atomic E-state index is 5.81. The first-order chi connectivity index (χ1) is 6.75. The fourth-order valence-electron chi connectivity index (χ4n) is 1.40. The van der Waals surface area contributed by atoms with Crippen molar-refractivity contribution in [3.8, 4) is 5.75 Å². The Kier molecular flexibility index (Phi) is 2.59. The molecule has 1 aliphatic heterocycles. The molecule has 1 aromatic carbocycles. The Morgan fingerprint density at radius 3 is 3.00 bits per heavy atom. The quantitative estimate of drug-likeness (QED) is 0.558. The van der Waals surface area contributed by atoms with Crippen molar-refractivity contribution < 1.29 is 4.74 Å². The summed E-state index contributed by atoms with van der Waals surface area (Å²) in [5, 5.41) is 3.23. The van der Waals surface area contributed by atoms with Crippen molar-refractivity contribution in [2.24, 2.45) is 0 Å². The van der Waals surface area contributed by atoms with E-state index in [1.165, 1.54) is 5.56 Å². The van der Waals surface area contributed by atoms with Crippen molar-refractivity contribution in [1.82, 2.24) is 5.32 Å². The van der Waals surface area contributed by atoms with Crippen molar-refractivity contribution in [3.05, 3.63) is 23.8 Å². The molecule has 1 aliphatic rings. The van der Waals surface area contributed by atoms with E-state index in [2.05, 4.69) is 5.32 Å². The molecule has 1 heterocycles. The lowest BCUT2D eigenvalue weighted by Crippen LogP contribution is -2.04. The van der Waals surface area contributed by atoms with Gasteiger partial charge in [-0.1, -0.05) is 6.07 Å². The van der Waals surface area contributed by atoms with E-state index in [-0.39, 0.29) is 0 Å². The lowest BCUT2D eigenvalue weighted by atomic mass is 10.2. The molecule has 3 heteroatoms. The summed E-state index contributed by atoms with van der Waals surface area (Å²) in [6.07, 6.45) is 1.06. The van der Waals surface area contributed by atoms with Gasteiger partial charge in [0.25, 0.3) is 0 Å². The fraction of sp³-hybridized carbons (Fsp3) is 0.455. The second-order valence-corrected chi connectivity index (χ2v) is 3.78. The van der Waals surface area contributed by atoms with Crippen LogP contribution in [-0.2, 0) is 0 Å². The van der Waals surface area contributed by atoms with Crippen LogP contribution in [-0.4, -0.2) is 19.2 Å². The Hall–Kier alpha value is -1.22.